The van der Waals surface area contributed by atoms with Gasteiger partial charge in [0.2, 0.25) is 0 Å². The zero-order chi connectivity index (χ0) is 12.6. The fourth-order valence-corrected chi connectivity index (χ4v) is 3.05. The fraction of sp³-hybridized carbons (Fsp3) is 0.182. The van der Waals surface area contributed by atoms with Crippen molar-refractivity contribution in [3.05, 3.63) is 30.0 Å². The third-order valence-corrected chi connectivity index (χ3v) is 4.48. The maximum Gasteiger partial charge on any atom is 0.180 e. The molecule has 0 spiro atoms. The van der Waals surface area contributed by atoms with Gasteiger partial charge in [-0.25, -0.2) is 13.4 Å². The number of thiazole rings is 1. The highest BCUT2D eigenvalue weighted by Crippen LogP contribution is 2.32. The van der Waals surface area contributed by atoms with Crippen molar-refractivity contribution in [2.24, 2.45) is 0 Å². The molecule has 0 aliphatic carbocycles. The average molecular weight is 349 g/mol. The van der Waals surface area contributed by atoms with Crippen LogP contribution in [0.4, 0.5) is 5.13 Å². The Morgan fingerprint density at radius 3 is 2.50 bits per heavy atom. The van der Waals surface area contributed by atoms with Crippen LogP contribution in [0.1, 0.15) is 5.69 Å². The van der Waals surface area contributed by atoms with Crippen LogP contribution < -0.4 is 5.73 Å². The summed E-state index contributed by atoms with van der Waals surface area (Å²) in [4.78, 5) is 5.34. The second-order valence-corrected chi connectivity index (χ2v) is 6.81. The van der Waals surface area contributed by atoms with Gasteiger partial charge in [0.15, 0.2) is 15.0 Å². The topological polar surface area (TPSA) is 73.0 Å². The van der Waals surface area contributed by atoms with E-state index < -0.39 is 9.84 Å². The van der Waals surface area contributed by atoms with E-state index in [1.54, 1.807) is 18.2 Å². The van der Waals surface area contributed by atoms with Gasteiger partial charge in [0.25, 0.3) is 0 Å². The molecule has 2 rings (SSSR count). The minimum Gasteiger partial charge on any atom is -0.375 e. The lowest BCUT2D eigenvalue weighted by molar-refractivity contribution is 0.602. The smallest absolute Gasteiger partial charge is 0.180 e. The molecule has 0 atom stereocenters. The van der Waals surface area contributed by atoms with E-state index in [1.165, 1.54) is 17.6 Å². The lowest BCUT2D eigenvalue weighted by atomic mass is 10.2. The van der Waals surface area contributed by atoms with Gasteiger partial charge >= 0.3 is 0 Å². The third-order valence-electron chi connectivity index (χ3n) is 2.34. The van der Waals surface area contributed by atoms with Crippen LogP contribution in [0.25, 0.3) is 10.4 Å². The molecule has 0 unspecified atom stereocenters. The molecule has 0 amide bonds. The normalized spacial score (nSPS) is 11.0. The van der Waals surface area contributed by atoms with Crippen molar-refractivity contribution in [2.45, 2.75) is 11.8 Å². The largest absolute Gasteiger partial charge is 0.375 e. The van der Waals surface area contributed by atoms with Gasteiger partial charge in [-0.15, -0.1) is 17.0 Å². The van der Waals surface area contributed by atoms with Crippen molar-refractivity contribution < 1.29 is 8.42 Å². The summed E-state index contributed by atoms with van der Waals surface area (Å²) in [6, 6.07) is 6.81. The van der Waals surface area contributed by atoms with Gasteiger partial charge in [-0.3, -0.25) is 0 Å². The van der Waals surface area contributed by atoms with Gasteiger partial charge < -0.3 is 5.73 Å². The average Bonchev–Trinajstić information content (AvgIpc) is 2.57. The lowest BCUT2D eigenvalue weighted by Gasteiger charge is -2.02. The Morgan fingerprint density at radius 2 is 2.00 bits per heavy atom. The van der Waals surface area contributed by atoms with Gasteiger partial charge in [0.05, 0.1) is 15.5 Å². The molecule has 1 heterocycles. The van der Waals surface area contributed by atoms with Crippen LogP contribution in [0.5, 0.6) is 0 Å². The van der Waals surface area contributed by atoms with Gasteiger partial charge in [-0.2, -0.15) is 0 Å². The van der Waals surface area contributed by atoms with Gasteiger partial charge in [-0.1, -0.05) is 23.5 Å². The predicted octanol–water partition coefficient (Wildman–Crippen LogP) is 2.68. The van der Waals surface area contributed by atoms with Gasteiger partial charge in [0, 0.05) is 6.26 Å². The highest BCUT2D eigenvalue weighted by molar-refractivity contribution is 8.93. The van der Waals surface area contributed by atoms with Crippen molar-refractivity contribution in [3.63, 3.8) is 0 Å². The Kier molecular flexibility index (Phi) is 4.52. The van der Waals surface area contributed by atoms with Gasteiger partial charge in [-0.05, 0) is 24.6 Å². The van der Waals surface area contributed by atoms with Crippen molar-refractivity contribution in [3.8, 4) is 10.4 Å². The zero-order valence-electron chi connectivity index (χ0n) is 9.88. The molecule has 0 aliphatic heterocycles. The minimum absolute atomic E-state index is 0. The second-order valence-electron chi connectivity index (χ2n) is 3.77. The SMILES string of the molecule is Br.Cc1nc(N)sc1-c1cccc(S(C)(=O)=O)c1. The zero-order valence-corrected chi connectivity index (χ0v) is 13.2. The Hall–Kier alpha value is -0.920. The van der Waals surface area contributed by atoms with E-state index in [2.05, 4.69) is 4.98 Å². The molecule has 0 bridgehead atoms. The van der Waals surface area contributed by atoms with E-state index >= 15 is 0 Å². The Labute approximate surface area is 121 Å². The first-order valence-corrected chi connectivity index (χ1v) is 7.62. The number of benzene rings is 1. The highest BCUT2D eigenvalue weighted by atomic mass is 79.9. The molecule has 1 aromatic heterocycles. The quantitative estimate of drug-likeness (QED) is 0.905. The molecular weight excluding hydrogens is 336 g/mol. The van der Waals surface area contributed by atoms with E-state index in [9.17, 15) is 8.42 Å². The summed E-state index contributed by atoms with van der Waals surface area (Å²) >= 11 is 1.36. The third kappa shape index (κ3) is 3.09. The van der Waals surface area contributed by atoms with Crippen LogP contribution in [0.15, 0.2) is 29.2 Å². The number of anilines is 1. The number of aromatic nitrogens is 1. The summed E-state index contributed by atoms with van der Waals surface area (Å²) in [5.74, 6) is 0. The molecule has 0 saturated heterocycles. The summed E-state index contributed by atoms with van der Waals surface area (Å²) in [7, 11) is -3.19. The Morgan fingerprint density at radius 1 is 1.33 bits per heavy atom. The molecule has 7 heteroatoms. The summed E-state index contributed by atoms with van der Waals surface area (Å²) < 4.78 is 22.9. The maximum atomic E-state index is 11.5. The Bertz CT molecular complexity index is 665. The molecule has 0 fully saturated rings. The summed E-state index contributed by atoms with van der Waals surface area (Å²) in [6.07, 6.45) is 1.19. The number of halogens is 1. The van der Waals surface area contributed by atoms with Crippen LogP contribution in [-0.4, -0.2) is 19.7 Å². The summed E-state index contributed by atoms with van der Waals surface area (Å²) in [6.45, 7) is 1.86. The number of nitrogens with two attached hydrogens (primary N) is 1. The number of rotatable bonds is 2. The second kappa shape index (κ2) is 5.38. The molecule has 2 N–H and O–H groups in total. The van der Waals surface area contributed by atoms with Crippen LogP contribution in [-0.2, 0) is 9.84 Å². The monoisotopic (exact) mass is 348 g/mol. The molecule has 0 saturated carbocycles. The number of aryl methyl sites for hydroxylation is 1. The van der Waals surface area contributed by atoms with Crippen LogP contribution in [0.2, 0.25) is 0 Å². The molecule has 98 valence electrons. The summed E-state index contributed by atoms with van der Waals surface area (Å²) in [5.41, 5.74) is 7.28. The fourth-order valence-electron chi connectivity index (χ4n) is 1.55. The molecule has 2 aromatic rings. The number of sulfone groups is 1. The predicted molar refractivity (Wildman–Crippen MR) is 80.1 cm³/mol. The van der Waals surface area contributed by atoms with E-state index in [1.807, 2.05) is 13.0 Å². The molecule has 1 aromatic carbocycles. The van der Waals surface area contributed by atoms with Crippen molar-refractivity contribution in [1.29, 1.82) is 0 Å². The van der Waals surface area contributed by atoms with Crippen LogP contribution in [0.3, 0.4) is 0 Å². The van der Waals surface area contributed by atoms with Gasteiger partial charge in [0.1, 0.15) is 0 Å². The number of nitrogens with zero attached hydrogens (tertiary/aromatic N) is 1. The molecule has 0 aliphatic rings. The first-order chi connectivity index (χ1) is 7.88. The van der Waals surface area contributed by atoms with Crippen LogP contribution in [0, 0.1) is 6.92 Å². The summed E-state index contributed by atoms with van der Waals surface area (Å²) in [5, 5.41) is 0.488. The van der Waals surface area contributed by atoms with E-state index in [0.717, 1.165) is 16.1 Å². The molecule has 0 radical (unpaired) electrons. The maximum absolute atomic E-state index is 11.5. The standard InChI is InChI=1S/C11H12N2O2S2.BrH/c1-7-10(16-11(12)13-7)8-4-3-5-9(6-8)17(2,14)15;/h3-6H,1-2H3,(H2,12,13);1H. The highest BCUT2D eigenvalue weighted by Gasteiger charge is 2.12. The van der Waals surface area contributed by atoms with E-state index in [0.29, 0.717) is 10.0 Å². The minimum atomic E-state index is -3.19. The number of hydrogen-bond donors (Lipinski definition) is 1. The molecule has 4 nitrogen and oxygen atoms in total. The van der Waals surface area contributed by atoms with Crippen molar-refractivity contribution in [2.75, 3.05) is 12.0 Å². The number of hydrogen-bond acceptors (Lipinski definition) is 5. The van der Waals surface area contributed by atoms with E-state index in [4.69, 9.17) is 5.73 Å². The van der Waals surface area contributed by atoms with Crippen molar-refractivity contribution >= 4 is 43.3 Å². The van der Waals surface area contributed by atoms with Crippen LogP contribution >= 0.6 is 28.3 Å². The Balaban J connectivity index is 0.00000162. The lowest BCUT2D eigenvalue weighted by Crippen LogP contribution is -1.96. The van der Waals surface area contributed by atoms with Crippen molar-refractivity contribution in [1.82, 2.24) is 4.98 Å². The molecule has 18 heavy (non-hydrogen) atoms. The molecular formula is C11H13BrN2O2S2. The first kappa shape index (κ1) is 15.1. The van der Waals surface area contributed by atoms with E-state index in [-0.39, 0.29) is 17.0 Å². The first-order valence-electron chi connectivity index (χ1n) is 4.91. The number of nitrogen functional groups attached to an aromatic ring is 1.